The molecule has 1 aromatic rings. The van der Waals surface area contributed by atoms with E-state index in [4.69, 9.17) is 23.2 Å². The topological polar surface area (TPSA) is 63.4 Å². The minimum Gasteiger partial charge on any atom is -0.335 e. The standard InChI is InChI=1S/C14H16Cl2N2O3/c15-7-2-8-17(11-3-1-4-11)14(19)12-9-10(16)5-6-13(12)18(20)21/h5-6,9,11H,1-4,7-8H2. The zero-order valence-corrected chi connectivity index (χ0v) is 12.9. The number of halogens is 2. The van der Waals surface area contributed by atoms with Crippen molar-refractivity contribution in [3.63, 3.8) is 0 Å². The van der Waals surface area contributed by atoms with Gasteiger partial charge < -0.3 is 4.90 Å². The lowest BCUT2D eigenvalue weighted by atomic mass is 9.90. The molecule has 0 heterocycles. The van der Waals surface area contributed by atoms with Crippen LogP contribution in [0.1, 0.15) is 36.0 Å². The van der Waals surface area contributed by atoms with Crippen molar-refractivity contribution in [3.05, 3.63) is 38.9 Å². The van der Waals surface area contributed by atoms with E-state index in [1.54, 1.807) is 4.90 Å². The molecule has 1 aliphatic carbocycles. The first-order valence-corrected chi connectivity index (χ1v) is 7.76. The third-order valence-corrected chi connectivity index (χ3v) is 4.20. The van der Waals surface area contributed by atoms with Crippen LogP contribution in [0.3, 0.4) is 0 Å². The summed E-state index contributed by atoms with van der Waals surface area (Å²) < 4.78 is 0. The zero-order chi connectivity index (χ0) is 15.4. The maximum atomic E-state index is 12.7. The average Bonchev–Trinajstić information content (AvgIpc) is 2.40. The van der Waals surface area contributed by atoms with Crippen molar-refractivity contribution in [2.24, 2.45) is 0 Å². The van der Waals surface area contributed by atoms with Gasteiger partial charge in [0, 0.05) is 29.6 Å². The number of nitrogens with zero attached hydrogens (tertiary/aromatic N) is 2. The molecule has 2 rings (SSSR count). The van der Waals surface area contributed by atoms with Crippen LogP contribution in [-0.4, -0.2) is 34.2 Å². The average molecular weight is 331 g/mol. The van der Waals surface area contributed by atoms with Gasteiger partial charge in [0.2, 0.25) is 0 Å². The lowest BCUT2D eigenvalue weighted by Gasteiger charge is -2.37. The lowest BCUT2D eigenvalue weighted by Crippen LogP contribution is -2.45. The highest BCUT2D eigenvalue weighted by molar-refractivity contribution is 6.31. The zero-order valence-electron chi connectivity index (χ0n) is 11.4. The van der Waals surface area contributed by atoms with Gasteiger partial charge in [0.15, 0.2) is 0 Å². The van der Waals surface area contributed by atoms with Gasteiger partial charge in [-0.05, 0) is 37.8 Å². The van der Waals surface area contributed by atoms with Crippen LogP contribution in [0.15, 0.2) is 18.2 Å². The molecule has 0 saturated heterocycles. The summed E-state index contributed by atoms with van der Waals surface area (Å²) in [5.41, 5.74) is -0.159. The van der Waals surface area contributed by atoms with E-state index >= 15 is 0 Å². The SMILES string of the molecule is O=C(c1cc(Cl)ccc1[N+](=O)[O-])N(CCCCl)C1CCC1. The van der Waals surface area contributed by atoms with E-state index in [9.17, 15) is 14.9 Å². The molecule has 1 aliphatic rings. The largest absolute Gasteiger partial charge is 0.335 e. The Balaban J connectivity index is 2.30. The molecule has 1 aromatic carbocycles. The summed E-state index contributed by atoms with van der Waals surface area (Å²) >= 11 is 11.6. The smallest absolute Gasteiger partial charge is 0.282 e. The molecule has 0 spiro atoms. The van der Waals surface area contributed by atoms with E-state index in [0.717, 1.165) is 19.3 Å². The van der Waals surface area contributed by atoms with Gasteiger partial charge in [0.1, 0.15) is 5.56 Å². The highest BCUT2D eigenvalue weighted by Crippen LogP contribution is 2.30. The molecule has 1 amide bonds. The van der Waals surface area contributed by atoms with E-state index in [1.165, 1.54) is 18.2 Å². The molecule has 21 heavy (non-hydrogen) atoms. The van der Waals surface area contributed by atoms with Crippen molar-refractivity contribution in [2.45, 2.75) is 31.7 Å². The molecule has 0 radical (unpaired) electrons. The molecule has 1 fully saturated rings. The molecule has 1 saturated carbocycles. The van der Waals surface area contributed by atoms with Crippen LogP contribution in [0.2, 0.25) is 5.02 Å². The van der Waals surface area contributed by atoms with Crippen molar-refractivity contribution in [1.82, 2.24) is 4.90 Å². The molecule has 0 unspecified atom stereocenters. The van der Waals surface area contributed by atoms with Crippen LogP contribution in [-0.2, 0) is 0 Å². The minimum atomic E-state index is -0.552. The first kappa shape index (κ1) is 16.0. The van der Waals surface area contributed by atoms with E-state index in [-0.39, 0.29) is 23.2 Å². The van der Waals surface area contributed by atoms with Gasteiger partial charge in [0.05, 0.1) is 4.92 Å². The molecule has 0 aliphatic heterocycles. The second-order valence-corrected chi connectivity index (χ2v) is 5.86. The van der Waals surface area contributed by atoms with Gasteiger partial charge in [-0.2, -0.15) is 0 Å². The van der Waals surface area contributed by atoms with E-state index in [1.807, 2.05) is 0 Å². The normalized spacial score (nSPS) is 14.6. The maximum absolute atomic E-state index is 12.7. The fraction of sp³-hybridized carbons (Fsp3) is 0.500. The molecule has 0 atom stereocenters. The van der Waals surface area contributed by atoms with Crippen LogP contribution in [0.25, 0.3) is 0 Å². The van der Waals surface area contributed by atoms with Crippen LogP contribution in [0, 0.1) is 10.1 Å². The first-order valence-electron chi connectivity index (χ1n) is 6.85. The summed E-state index contributed by atoms with van der Waals surface area (Å²) in [5.74, 6) is 0.118. The number of nitro groups is 1. The van der Waals surface area contributed by atoms with Crippen LogP contribution < -0.4 is 0 Å². The van der Waals surface area contributed by atoms with E-state index < -0.39 is 4.92 Å². The molecular weight excluding hydrogens is 315 g/mol. The number of benzene rings is 1. The summed E-state index contributed by atoms with van der Waals surface area (Å²) in [4.78, 5) is 24.9. The van der Waals surface area contributed by atoms with Crippen molar-refractivity contribution in [2.75, 3.05) is 12.4 Å². The number of rotatable bonds is 6. The number of carbonyl (C=O) groups excluding carboxylic acids is 1. The number of hydrogen-bond acceptors (Lipinski definition) is 3. The van der Waals surface area contributed by atoms with Crippen molar-refractivity contribution >= 4 is 34.8 Å². The molecule has 0 aromatic heterocycles. The van der Waals surface area contributed by atoms with Crippen molar-refractivity contribution < 1.29 is 9.72 Å². The van der Waals surface area contributed by atoms with Crippen LogP contribution in [0.5, 0.6) is 0 Å². The van der Waals surface area contributed by atoms with Gasteiger partial charge >= 0.3 is 0 Å². The fourth-order valence-electron chi connectivity index (χ4n) is 2.37. The summed E-state index contributed by atoms with van der Waals surface area (Å²) in [6, 6.07) is 4.21. The van der Waals surface area contributed by atoms with E-state index in [0.29, 0.717) is 23.9 Å². The van der Waals surface area contributed by atoms with Gasteiger partial charge in [-0.15, -0.1) is 11.6 Å². The van der Waals surface area contributed by atoms with Crippen molar-refractivity contribution in [3.8, 4) is 0 Å². The Morgan fingerprint density at radius 2 is 2.14 bits per heavy atom. The molecule has 0 bridgehead atoms. The molecule has 114 valence electrons. The lowest BCUT2D eigenvalue weighted by molar-refractivity contribution is -0.385. The summed E-state index contributed by atoms with van der Waals surface area (Å²) in [7, 11) is 0. The Kier molecular flexibility index (Phi) is 5.42. The Hall–Kier alpha value is -1.33. The minimum absolute atomic E-state index is 0.0500. The predicted octanol–water partition coefficient (Wildman–Crippen LogP) is 3.87. The van der Waals surface area contributed by atoms with E-state index in [2.05, 4.69) is 0 Å². The Morgan fingerprint density at radius 3 is 2.67 bits per heavy atom. The van der Waals surface area contributed by atoms with Gasteiger partial charge in [0.25, 0.3) is 11.6 Å². The number of hydrogen-bond donors (Lipinski definition) is 0. The predicted molar refractivity (Wildman–Crippen MR) is 82.1 cm³/mol. The maximum Gasteiger partial charge on any atom is 0.282 e. The highest BCUT2D eigenvalue weighted by Gasteiger charge is 2.32. The Labute approximate surface area is 133 Å². The molecule has 5 nitrogen and oxygen atoms in total. The summed E-state index contributed by atoms with van der Waals surface area (Å²) in [6.07, 6.45) is 3.61. The summed E-state index contributed by atoms with van der Waals surface area (Å²) in [6.45, 7) is 0.511. The van der Waals surface area contributed by atoms with Crippen molar-refractivity contribution in [1.29, 1.82) is 0 Å². The third-order valence-electron chi connectivity index (χ3n) is 3.69. The number of amides is 1. The second-order valence-electron chi connectivity index (χ2n) is 5.04. The third kappa shape index (κ3) is 3.66. The van der Waals surface area contributed by atoms with Gasteiger partial charge in [-0.3, -0.25) is 14.9 Å². The van der Waals surface area contributed by atoms with Gasteiger partial charge in [-0.25, -0.2) is 0 Å². The van der Waals surface area contributed by atoms with Crippen LogP contribution in [0.4, 0.5) is 5.69 Å². The molecule has 7 heteroatoms. The monoisotopic (exact) mass is 330 g/mol. The second kappa shape index (κ2) is 7.09. The molecule has 0 N–H and O–H groups in total. The quantitative estimate of drug-likeness (QED) is 0.451. The summed E-state index contributed by atoms with van der Waals surface area (Å²) in [5, 5.41) is 11.4. The van der Waals surface area contributed by atoms with Gasteiger partial charge in [-0.1, -0.05) is 11.6 Å². The number of alkyl halides is 1. The Morgan fingerprint density at radius 1 is 1.43 bits per heavy atom. The highest BCUT2D eigenvalue weighted by atomic mass is 35.5. The Bertz CT molecular complexity index is 547. The molecular formula is C14H16Cl2N2O3. The number of carbonyl (C=O) groups is 1. The number of nitro benzene ring substituents is 1. The first-order chi connectivity index (χ1) is 10.0. The fourth-order valence-corrected chi connectivity index (χ4v) is 2.66. The van der Waals surface area contributed by atoms with Crippen LogP contribution >= 0.6 is 23.2 Å².